The number of hydrogen-bond donors (Lipinski definition) is 6. The Morgan fingerprint density at radius 1 is 0.788 bits per heavy atom. The van der Waals surface area contributed by atoms with E-state index in [9.17, 15) is 14.7 Å². The van der Waals surface area contributed by atoms with Gasteiger partial charge in [-0.3, -0.25) is 9.13 Å². The number of aliphatic hydroxyl groups excluding tert-OH is 2. The molecular formula is C56H84N10O19. The average Bonchev–Trinajstić information content (AvgIpc) is 2.50. The number of methoxy groups -OCH3 is 6. The highest BCUT2D eigenvalue weighted by Crippen LogP contribution is 2.45. The number of aliphatic imine (C=N–C) groups is 1. The number of rotatable bonds is 28. The first-order valence-electron chi connectivity index (χ1n) is 27.6. The first-order chi connectivity index (χ1) is 41.2. The summed E-state index contributed by atoms with van der Waals surface area (Å²) in [5, 5.41) is 25.2. The van der Waals surface area contributed by atoms with E-state index in [1.54, 1.807) is 92.3 Å². The van der Waals surface area contributed by atoms with Crippen molar-refractivity contribution in [2.45, 2.75) is 87.7 Å². The van der Waals surface area contributed by atoms with Gasteiger partial charge in [-0.05, 0) is 33.0 Å². The van der Waals surface area contributed by atoms with Crippen LogP contribution in [0.25, 0.3) is 0 Å². The normalized spacial score (nSPS) is 24.8. The number of amidine groups is 1. The van der Waals surface area contributed by atoms with Gasteiger partial charge < -0.3 is 108 Å². The molecule has 5 aliphatic rings. The van der Waals surface area contributed by atoms with Gasteiger partial charge in [0.05, 0.1) is 102 Å². The molecule has 0 amide bonds. The van der Waals surface area contributed by atoms with Gasteiger partial charge >= 0.3 is 11.4 Å². The minimum absolute atomic E-state index is 0.00555. The van der Waals surface area contributed by atoms with Gasteiger partial charge in [-0.15, -0.1) is 0 Å². The molecule has 3 saturated heterocycles. The fourth-order valence-electron chi connectivity index (χ4n) is 9.59. The van der Waals surface area contributed by atoms with Gasteiger partial charge in [-0.2, -0.15) is 9.97 Å². The van der Waals surface area contributed by atoms with Crippen LogP contribution < -0.4 is 43.0 Å². The number of likely N-dealkylation sites (N-methyl/N-ethyl adjacent to an activating group) is 1. The third-order valence-electron chi connectivity index (χ3n) is 13.8. The van der Waals surface area contributed by atoms with Crippen molar-refractivity contribution >= 4 is 17.3 Å². The van der Waals surface area contributed by atoms with Gasteiger partial charge in [-0.25, -0.2) is 14.6 Å². The maximum atomic E-state index is 12.7. The van der Waals surface area contributed by atoms with Gasteiger partial charge in [0.25, 0.3) is 0 Å². The molecule has 8 rings (SSSR count). The Morgan fingerprint density at radius 2 is 1.44 bits per heavy atom. The number of nitrogens with two attached hydrogens (primary N) is 2. The van der Waals surface area contributed by atoms with Crippen LogP contribution in [0.2, 0.25) is 0 Å². The molecule has 3 fully saturated rings. The summed E-state index contributed by atoms with van der Waals surface area (Å²) in [6.07, 6.45) is 0.970. The maximum absolute atomic E-state index is 12.7. The summed E-state index contributed by atoms with van der Waals surface area (Å²) >= 11 is 0. The minimum atomic E-state index is -0.730. The monoisotopic (exact) mass is 1200 g/mol. The summed E-state index contributed by atoms with van der Waals surface area (Å²) in [5.41, 5.74) is 12.8. The number of para-hydroxylation sites is 1. The number of anilines is 2. The Balaban J connectivity index is 0.000000212. The van der Waals surface area contributed by atoms with Gasteiger partial charge in [0, 0.05) is 73.6 Å². The zero-order chi connectivity index (χ0) is 61.4. The molecule has 29 nitrogen and oxygen atoms in total. The second kappa shape index (κ2) is 35.0. The van der Waals surface area contributed by atoms with Gasteiger partial charge in [0.2, 0.25) is 0 Å². The third kappa shape index (κ3) is 18.3. The lowest BCUT2D eigenvalue weighted by atomic mass is 10.1. The van der Waals surface area contributed by atoms with Crippen LogP contribution in [0.1, 0.15) is 37.1 Å². The summed E-state index contributed by atoms with van der Waals surface area (Å²) < 4.78 is 85.7. The number of benzene rings is 1. The molecule has 0 spiro atoms. The Kier molecular flexibility index (Phi) is 28.0. The number of fused-ring (bicyclic) bond motifs is 2. The van der Waals surface area contributed by atoms with E-state index in [2.05, 4.69) is 44.0 Å². The summed E-state index contributed by atoms with van der Waals surface area (Å²) in [7, 11) is 11.3. The van der Waals surface area contributed by atoms with Crippen LogP contribution in [0.15, 0.2) is 69.3 Å². The van der Waals surface area contributed by atoms with Crippen LogP contribution in [-0.4, -0.2) is 237 Å². The lowest BCUT2D eigenvalue weighted by molar-refractivity contribution is -0.0728. The first kappa shape index (κ1) is 68.1. The topological polar surface area (TPSA) is 340 Å². The molecule has 85 heavy (non-hydrogen) atoms. The number of aromatic nitrogens is 4. The zero-order valence-electron chi connectivity index (χ0n) is 49.8. The van der Waals surface area contributed by atoms with E-state index in [1.807, 2.05) is 13.0 Å². The van der Waals surface area contributed by atoms with Crippen molar-refractivity contribution < 1.29 is 81.3 Å². The SMILES string of the molecule is C=C1N=C(N)C(C)=CN1[C@@H]1O[C@H](COC)C(NC)[C@@H]1O.COC[C@H]1O[C@@H](n2cc(C#CCOCCOCCOCCOCCO)c(C)nc2=O)[C@H](OC)[C@@H]1OC.COC[C@H]1O[C@@H](n2cc3c(nc2=O)Nc2c(OCCN)cccc2O3)CC1OC. The lowest BCUT2D eigenvalue weighted by Gasteiger charge is -2.32. The van der Waals surface area contributed by atoms with Crippen LogP contribution in [0, 0.1) is 18.8 Å². The molecule has 0 saturated carbocycles. The highest BCUT2D eigenvalue weighted by molar-refractivity contribution is 5.97. The Labute approximate surface area is 494 Å². The van der Waals surface area contributed by atoms with Gasteiger partial charge in [0.15, 0.2) is 29.8 Å². The number of hydrogen-bond acceptors (Lipinski definition) is 27. The van der Waals surface area contributed by atoms with E-state index >= 15 is 0 Å². The molecule has 0 aliphatic carbocycles. The van der Waals surface area contributed by atoms with Crippen LogP contribution in [-0.2, 0) is 61.6 Å². The van der Waals surface area contributed by atoms with Crippen LogP contribution in [0.5, 0.6) is 17.2 Å². The standard InChI is InChI=1S/C24H38N2O10.C19H24N4O6.C13H22N4O3/c1-18-19(6-5-8-32-10-12-34-14-15-35-13-11-33-9-7-27)16-26(24(28)25-18)23-22(31-4)21(30-3)20(36-23)17-29-2;1-25-10-15-13(26-2)8-16(29-15)23-9-14-18(22-19(23)24)21-17-11(27-7-6-20)4-3-5-12(17)28-14;1-7-5-17(8(2)16-12(7)14)13-11(18)10(15-3)9(20-13)6-19-4/h16,20-23,27H,7-15,17H2,1-4H3;3-5,9,13,15-16H,6-8,10,20H2,1-2H3,(H,21,22,24);5,9-11,13,15,18H,2,6H2,1,3-4H3,(H2,14,16)/t20-,21-,22-,23-;13?,15-,16-;9-,10?,11+,13-/m111/s1. The molecule has 1 aromatic carbocycles. The van der Waals surface area contributed by atoms with Crippen molar-refractivity contribution in [2.24, 2.45) is 16.5 Å². The Hall–Kier alpha value is -5.99. The smallest absolute Gasteiger partial charge is 0.351 e. The third-order valence-corrected chi connectivity index (χ3v) is 13.8. The minimum Gasteiger partial charge on any atom is -0.490 e. The van der Waals surface area contributed by atoms with Crippen molar-refractivity contribution in [3.63, 3.8) is 0 Å². The largest absolute Gasteiger partial charge is 0.490 e. The highest BCUT2D eigenvalue weighted by Gasteiger charge is 2.48. The molecule has 472 valence electrons. The summed E-state index contributed by atoms with van der Waals surface area (Å²) in [6.45, 7) is 12.4. The van der Waals surface area contributed by atoms with Crippen molar-refractivity contribution in [3.05, 3.63) is 87.0 Å². The molecule has 2 unspecified atom stereocenters. The Bertz CT molecular complexity index is 2830. The molecular weight excluding hydrogens is 1120 g/mol. The van der Waals surface area contributed by atoms with Gasteiger partial charge in [0.1, 0.15) is 79.2 Å². The predicted octanol–water partition coefficient (Wildman–Crippen LogP) is 0.269. The number of aliphatic hydroxyl groups is 2. The second-order valence-corrected chi connectivity index (χ2v) is 19.5. The van der Waals surface area contributed by atoms with Crippen LogP contribution in [0.4, 0.5) is 11.5 Å². The zero-order valence-corrected chi connectivity index (χ0v) is 49.8. The predicted molar refractivity (Wildman–Crippen MR) is 308 cm³/mol. The van der Waals surface area contributed by atoms with E-state index < -0.39 is 54.5 Å². The van der Waals surface area contributed by atoms with Crippen molar-refractivity contribution in [1.82, 2.24) is 29.3 Å². The van der Waals surface area contributed by atoms with E-state index in [-0.39, 0.29) is 37.6 Å². The first-order valence-corrected chi connectivity index (χ1v) is 27.6. The van der Waals surface area contributed by atoms with Gasteiger partial charge in [-0.1, -0.05) is 24.5 Å². The highest BCUT2D eigenvalue weighted by atomic mass is 16.6. The van der Waals surface area contributed by atoms with Crippen LogP contribution >= 0.6 is 0 Å². The summed E-state index contributed by atoms with van der Waals surface area (Å²) in [6, 6.07) is 5.20. The molecule has 0 bridgehead atoms. The van der Waals surface area contributed by atoms with Crippen molar-refractivity contribution in [2.75, 3.05) is 147 Å². The number of nitrogens with one attached hydrogen (secondary N) is 2. The molecule has 29 heteroatoms. The number of ether oxygens (including phenoxy) is 15. The fraction of sp³-hybridized carbons (Fsp3) is 0.625. The quantitative estimate of drug-likeness (QED) is 0.0328. The molecule has 5 aliphatic heterocycles. The van der Waals surface area contributed by atoms with E-state index in [0.717, 1.165) is 5.57 Å². The van der Waals surface area contributed by atoms with E-state index in [4.69, 9.17) is 87.6 Å². The molecule has 2 aromatic heterocycles. The average molecular weight is 1200 g/mol. The second-order valence-electron chi connectivity index (χ2n) is 19.5. The van der Waals surface area contributed by atoms with E-state index in [1.165, 1.54) is 9.13 Å². The fourth-order valence-corrected chi connectivity index (χ4v) is 9.59. The molecule has 11 atom stereocenters. The number of nitrogens with zero attached hydrogens (tertiary/aromatic N) is 6. The summed E-state index contributed by atoms with van der Waals surface area (Å²) in [5.74, 6) is 8.69. The summed E-state index contributed by atoms with van der Waals surface area (Å²) in [4.78, 5) is 39.4. The van der Waals surface area contributed by atoms with Crippen molar-refractivity contribution in [1.29, 1.82) is 0 Å². The molecule has 7 heterocycles. The maximum Gasteiger partial charge on any atom is 0.351 e. The molecule has 8 N–H and O–H groups in total. The molecule has 0 radical (unpaired) electrons. The van der Waals surface area contributed by atoms with E-state index in [0.29, 0.717) is 137 Å². The lowest BCUT2D eigenvalue weighted by Crippen LogP contribution is -2.47. The Morgan fingerprint density at radius 3 is 2.08 bits per heavy atom. The molecule has 3 aromatic rings. The number of aryl methyl sites for hydroxylation is 1. The van der Waals surface area contributed by atoms with Crippen LogP contribution in [0.3, 0.4) is 0 Å². The van der Waals surface area contributed by atoms with Crippen molar-refractivity contribution in [3.8, 4) is 29.1 Å².